The van der Waals surface area contributed by atoms with Gasteiger partial charge in [-0.1, -0.05) is 43.0 Å². The van der Waals surface area contributed by atoms with Crippen LogP contribution in [0, 0.1) is 17.8 Å². The number of fused-ring (bicyclic) bond motifs is 2. The lowest BCUT2D eigenvalue weighted by atomic mass is 9.56. The molecule has 0 radical (unpaired) electrons. The van der Waals surface area contributed by atoms with E-state index in [-0.39, 0.29) is 47.9 Å². The molecule has 3 aliphatic carbocycles. The zero-order valence-corrected chi connectivity index (χ0v) is 25.2. The number of aromatic hydroxyl groups is 1. The van der Waals surface area contributed by atoms with E-state index >= 15 is 0 Å². The Bertz CT molecular complexity index is 1100. The first kappa shape index (κ1) is 30.5. The van der Waals surface area contributed by atoms with Gasteiger partial charge in [0.2, 0.25) is 5.79 Å². The SMILES string of the molecule is C=CCO[C@@]12Oc3ccc(O)cc3[C@H]3[C@H](CCCCO)[C@@H](CCCCO)C=C(C(=NOC)C[C@@H]1SC1CCCC1)[C@H]32. The highest BCUT2D eigenvalue weighted by molar-refractivity contribution is 8.00. The summed E-state index contributed by atoms with van der Waals surface area (Å²) in [5.41, 5.74) is 3.11. The fraction of sp³-hybridized carbons (Fsp3) is 0.667. The molecule has 7 nitrogen and oxygen atoms in total. The highest BCUT2D eigenvalue weighted by Crippen LogP contribution is 2.63. The summed E-state index contributed by atoms with van der Waals surface area (Å²) in [5, 5.41) is 35.1. The second-order valence-corrected chi connectivity index (χ2v) is 13.5. The van der Waals surface area contributed by atoms with Crippen LogP contribution in [0.2, 0.25) is 0 Å². The minimum atomic E-state index is -0.917. The van der Waals surface area contributed by atoms with Crippen molar-refractivity contribution in [2.75, 3.05) is 26.9 Å². The Morgan fingerprint density at radius 3 is 2.59 bits per heavy atom. The Kier molecular flexibility index (Phi) is 10.4. The highest BCUT2D eigenvalue weighted by atomic mass is 32.2. The maximum Gasteiger partial charge on any atom is 0.230 e. The van der Waals surface area contributed by atoms with Crippen molar-refractivity contribution in [3.63, 3.8) is 0 Å². The van der Waals surface area contributed by atoms with Crippen molar-refractivity contribution in [1.29, 1.82) is 0 Å². The lowest BCUT2D eigenvalue weighted by Crippen LogP contribution is -2.64. The molecule has 2 saturated carbocycles. The Morgan fingerprint density at radius 2 is 1.88 bits per heavy atom. The summed E-state index contributed by atoms with van der Waals surface area (Å²) in [6, 6.07) is 5.49. The number of nitrogens with zero attached hydrogens (tertiary/aromatic N) is 1. The summed E-state index contributed by atoms with van der Waals surface area (Å²) in [6.45, 7) is 4.71. The van der Waals surface area contributed by atoms with Crippen molar-refractivity contribution in [3.05, 3.63) is 48.1 Å². The highest BCUT2D eigenvalue weighted by Gasteiger charge is 2.64. The van der Waals surface area contributed by atoms with Gasteiger partial charge in [-0.25, -0.2) is 0 Å². The van der Waals surface area contributed by atoms with Crippen molar-refractivity contribution >= 4 is 17.5 Å². The summed E-state index contributed by atoms with van der Waals surface area (Å²) in [6.07, 6.45) is 15.1. The zero-order chi connectivity index (χ0) is 28.8. The first-order valence-corrected chi connectivity index (χ1v) is 16.5. The molecule has 226 valence electrons. The molecule has 6 atom stereocenters. The molecule has 1 aromatic rings. The number of thioether (sulfide) groups is 1. The Labute approximate surface area is 249 Å². The number of oxime groups is 1. The Morgan fingerprint density at radius 1 is 1.12 bits per heavy atom. The van der Waals surface area contributed by atoms with Gasteiger partial charge in [0.25, 0.3) is 0 Å². The average Bonchev–Trinajstić information content (AvgIpc) is 3.49. The molecule has 5 rings (SSSR count). The van der Waals surface area contributed by atoms with Gasteiger partial charge >= 0.3 is 0 Å². The van der Waals surface area contributed by atoms with E-state index in [2.05, 4.69) is 17.8 Å². The molecule has 1 heterocycles. The van der Waals surface area contributed by atoms with Crippen LogP contribution in [0.4, 0.5) is 0 Å². The van der Waals surface area contributed by atoms with Crippen LogP contribution < -0.4 is 4.74 Å². The van der Waals surface area contributed by atoms with Crippen molar-refractivity contribution in [1.82, 2.24) is 0 Å². The molecule has 1 aliphatic heterocycles. The third kappa shape index (κ3) is 6.22. The summed E-state index contributed by atoms with van der Waals surface area (Å²) < 4.78 is 13.9. The molecule has 3 N–H and O–H groups in total. The lowest BCUT2D eigenvalue weighted by molar-refractivity contribution is -0.223. The van der Waals surface area contributed by atoms with Crippen LogP contribution >= 0.6 is 11.8 Å². The first-order valence-electron chi connectivity index (χ1n) is 15.5. The molecule has 0 aromatic heterocycles. The predicted octanol–water partition coefficient (Wildman–Crippen LogP) is 6.33. The van der Waals surface area contributed by atoms with E-state index in [1.54, 1.807) is 19.3 Å². The summed E-state index contributed by atoms with van der Waals surface area (Å²) in [7, 11) is 1.62. The van der Waals surface area contributed by atoms with Gasteiger partial charge in [0.05, 0.1) is 23.5 Å². The minimum Gasteiger partial charge on any atom is -0.508 e. The first-order chi connectivity index (χ1) is 20.1. The molecule has 0 saturated heterocycles. The fourth-order valence-corrected chi connectivity index (χ4v) is 9.60. The Balaban J connectivity index is 1.69. The molecular formula is C33H47NO6S. The van der Waals surface area contributed by atoms with Crippen LogP contribution in [-0.2, 0) is 9.57 Å². The van der Waals surface area contributed by atoms with Gasteiger partial charge in [0.15, 0.2) is 0 Å². The number of aliphatic hydroxyl groups is 2. The number of rotatable bonds is 14. The topological polar surface area (TPSA) is 101 Å². The van der Waals surface area contributed by atoms with Crippen LogP contribution in [0.25, 0.3) is 0 Å². The molecule has 0 amide bonds. The molecule has 2 fully saturated rings. The zero-order valence-electron chi connectivity index (χ0n) is 24.4. The fourth-order valence-electron chi connectivity index (χ4n) is 7.82. The number of phenols is 1. The van der Waals surface area contributed by atoms with Gasteiger partial charge in [-0.2, -0.15) is 0 Å². The third-order valence-corrected chi connectivity index (χ3v) is 11.2. The number of unbranched alkanes of at least 4 members (excludes halogenated alkanes) is 2. The van der Waals surface area contributed by atoms with E-state index < -0.39 is 5.79 Å². The maximum atomic E-state index is 10.7. The van der Waals surface area contributed by atoms with E-state index in [1.807, 2.05) is 23.9 Å². The number of phenolic OH excluding ortho intramolecular Hbond substituents is 1. The van der Waals surface area contributed by atoms with E-state index in [1.165, 1.54) is 25.7 Å². The molecule has 8 heteroatoms. The summed E-state index contributed by atoms with van der Waals surface area (Å²) in [4.78, 5) is 5.45. The van der Waals surface area contributed by atoms with Crippen molar-refractivity contribution < 1.29 is 29.6 Å². The van der Waals surface area contributed by atoms with Crippen molar-refractivity contribution in [3.8, 4) is 11.5 Å². The Hall–Kier alpha value is -2.00. The molecule has 1 aromatic carbocycles. The van der Waals surface area contributed by atoms with Gasteiger partial charge in [0.1, 0.15) is 18.6 Å². The van der Waals surface area contributed by atoms with Crippen LogP contribution in [0.5, 0.6) is 11.5 Å². The second kappa shape index (κ2) is 14.0. The van der Waals surface area contributed by atoms with Gasteiger partial charge in [-0.15, -0.1) is 18.3 Å². The molecule has 0 bridgehead atoms. The number of hydrogen-bond donors (Lipinski definition) is 3. The van der Waals surface area contributed by atoms with E-state index in [9.17, 15) is 15.3 Å². The standard InChI is InChI=1S/C33H47NO6S/c1-3-18-39-33-30(41-24-11-4-5-12-24)21-28(34-38-2)26-19-22(10-6-8-16-35)25(13-7-9-17-36)31(32(26)33)27-20-23(37)14-15-29(27)40-33/h3,14-15,19-20,22,24-25,30-32,35-37H,1,4-13,16-18,21H2,2H3/t22-,25+,30-,31+,32+,33+/m0/s1. The average molecular weight is 586 g/mol. The van der Waals surface area contributed by atoms with E-state index in [0.29, 0.717) is 18.3 Å². The van der Waals surface area contributed by atoms with Crippen LogP contribution in [0.3, 0.4) is 0 Å². The third-order valence-electron chi connectivity index (χ3n) is 9.49. The van der Waals surface area contributed by atoms with E-state index in [4.69, 9.17) is 14.3 Å². The van der Waals surface area contributed by atoms with Gasteiger partial charge in [0, 0.05) is 36.4 Å². The minimum absolute atomic E-state index is 0.00934. The van der Waals surface area contributed by atoms with Crippen LogP contribution in [0.1, 0.15) is 82.1 Å². The van der Waals surface area contributed by atoms with Gasteiger partial charge in [-0.05, 0) is 74.1 Å². The quantitative estimate of drug-likeness (QED) is 0.133. The van der Waals surface area contributed by atoms with Crippen molar-refractivity contribution in [2.45, 2.75) is 92.8 Å². The predicted molar refractivity (Wildman–Crippen MR) is 163 cm³/mol. The molecular weight excluding hydrogens is 538 g/mol. The van der Waals surface area contributed by atoms with Crippen molar-refractivity contribution in [2.24, 2.45) is 22.9 Å². The van der Waals surface area contributed by atoms with Gasteiger partial charge in [-0.3, -0.25) is 0 Å². The molecule has 4 aliphatic rings. The van der Waals surface area contributed by atoms with Crippen LogP contribution in [0.15, 0.2) is 47.7 Å². The molecule has 0 spiro atoms. The number of ether oxygens (including phenoxy) is 2. The molecule has 41 heavy (non-hydrogen) atoms. The number of allylic oxidation sites excluding steroid dienone is 1. The number of benzene rings is 1. The van der Waals surface area contributed by atoms with E-state index in [0.717, 1.165) is 61.1 Å². The smallest absolute Gasteiger partial charge is 0.230 e. The summed E-state index contributed by atoms with van der Waals surface area (Å²) in [5.74, 6) is 0.494. The van der Waals surface area contributed by atoms with Crippen LogP contribution in [-0.4, -0.2) is 64.2 Å². The summed E-state index contributed by atoms with van der Waals surface area (Å²) >= 11 is 1.99. The normalized spacial score (nSPS) is 31.7. The lowest BCUT2D eigenvalue weighted by Gasteiger charge is -2.58. The second-order valence-electron chi connectivity index (χ2n) is 12.0. The number of hydrogen-bond acceptors (Lipinski definition) is 8. The number of aliphatic hydroxyl groups excluding tert-OH is 2. The molecule has 0 unspecified atom stereocenters. The largest absolute Gasteiger partial charge is 0.508 e. The van der Waals surface area contributed by atoms with Gasteiger partial charge < -0.3 is 29.6 Å². The monoisotopic (exact) mass is 585 g/mol. The maximum absolute atomic E-state index is 10.7.